The van der Waals surface area contributed by atoms with Crippen molar-refractivity contribution in [3.05, 3.63) is 14.1 Å². The summed E-state index contributed by atoms with van der Waals surface area (Å²) in [5, 5.41) is 12.1. The molecule has 2 heterocycles. The van der Waals surface area contributed by atoms with Crippen molar-refractivity contribution in [2.45, 2.75) is 18.4 Å². The summed E-state index contributed by atoms with van der Waals surface area (Å²) in [7, 11) is 0. The first kappa shape index (κ1) is 10.8. The second-order valence-electron chi connectivity index (χ2n) is 3.20. The van der Waals surface area contributed by atoms with Crippen molar-refractivity contribution in [1.82, 2.24) is 10.3 Å². The van der Waals surface area contributed by atoms with Crippen LogP contribution in [0.15, 0.2) is 6.20 Å². The monoisotopic (exact) mass is 338 g/mol. The fraction of sp³-hybridized carbons (Fsp3) is 0.375. The Morgan fingerprint density at radius 1 is 1.73 bits per heavy atom. The fourth-order valence-electron chi connectivity index (χ4n) is 1.55. The Balaban J connectivity index is 2.27. The van der Waals surface area contributed by atoms with Crippen LogP contribution in [0.25, 0.3) is 0 Å². The second-order valence-corrected chi connectivity index (χ2v) is 6.15. The molecule has 5 nitrogen and oxygen atoms in total. The number of carboxylic acids is 1. The number of nitrogens with one attached hydrogen (secondary N) is 1. The molecule has 7 heteroatoms. The van der Waals surface area contributed by atoms with Gasteiger partial charge in [-0.2, -0.15) is 0 Å². The van der Waals surface area contributed by atoms with E-state index in [1.807, 2.05) is 0 Å². The van der Waals surface area contributed by atoms with Gasteiger partial charge in [0.15, 0.2) is 0 Å². The number of carbonyl (C=O) groups is 2. The molecule has 0 radical (unpaired) electrons. The average molecular weight is 338 g/mol. The molecule has 1 aromatic rings. The first-order valence-corrected chi connectivity index (χ1v) is 6.11. The van der Waals surface area contributed by atoms with E-state index in [2.05, 4.69) is 32.9 Å². The van der Waals surface area contributed by atoms with Gasteiger partial charge in [0.1, 0.15) is 6.04 Å². The third-order valence-electron chi connectivity index (χ3n) is 2.20. The number of amides is 1. The average Bonchev–Trinajstić information content (AvgIpc) is 2.71. The summed E-state index contributed by atoms with van der Waals surface area (Å²) in [6.07, 6.45) is 1.89. The number of thiazole rings is 1. The van der Waals surface area contributed by atoms with E-state index >= 15 is 0 Å². The maximum absolute atomic E-state index is 11.1. The van der Waals surface area contributed by atoms with E-state index in [-0.39, 0.29) is 18.2 Å². The Hall–Kier alpha value is -0.700. The van der Waals surface area contributed by atoms with E-state index in [1.54, 1.807) is 6.20 Å². The minimum Gasteiger partial charge on any atom is -0.480 e. The highest BCUT2D eigenvalue weighted by Gasteiger charge is 2.39. The number of rotatable bonds is 2. The van der Waals surface area contributed by atoms with Crippen LogP contribution in [0.2, 0.25) is 0 Å². The Bertz CT molecular complexity index is 420. The summed E-state index contributed by atoms with van der Waals surface area (Å²) in [6, 6.07) is -0.834. The zero-order valence-corrected chi connectivity index (χ0v) is 10.4. The Morgan fingerprint density at radius 2 is 2.47 bits per heavy atom. The van der Waals surface area contributed by atoms with Crippen LogP contribution in [-0.4, -0.2) is 28.0 Å². The van der Waals surface area contributed by atoms with Crippen molar-refractivity contribution in [3.63, 3.8) is 0 Å². The van der Waals surface area contributed by atoms with E-state index in [0.29, 0.717) is 5.01 Å². The molecule has 2 unspecified atom stereocenters. The largest absolute Gasteiger partial charge is 0.480 e. The normalized spacial score (nSPS) is 25.3. The van der Waals surface area contributed by atoms with Crippen molar-refractivity contribution in [2.75, 3.05) is 0 Å². The number of carbonyl (C=O) groups excluding carboxylic acids is 1. The molecule has 1 aliphatic rings. The third-order valence-corrected chi connectivity index (χ3v) is 4.06. The van der Waals surface area contributed by atoms with Gasteiger partial charge in [-0.15, -0.1) is 11.3 Å². The molecule has 1 aromatic heterocycles. The van der Waals surface area contributed by atoms with Crippen LogP contribution in [0.3, 0.4) is 0 Å². The maximum atomic E-state index is 11.1. The third kappa shape index (κ3) is 2.12. The molecule has 1 saturated heterocycles. The summed E-state index contributed by atoms with van der Waals surface area (Å²) in [5.74, 6) is -1.56. The summed E-state index contributed by atoms with van der Waals surface area (Å²) < 4.78 is 0.992. The predicted molar refractivity (Wildman–Crippen MR) is 61.8 cm³/mol. The molecule has 2 atom stereocenters. The minimum atomic E-state index is -1.00. The molecular weight excluding hydrogens is 331 g/mol. The van der Waals surface area contributed by atoms with Gasteiger partial charge in [-0.05, 0) is 22.6 Å². The number of aliphatic carboxylic acids is 1. The topological polar surface area (TPSA) is 79.3 Å². The minimum absolute atomic E-state index is 0.209. The highest BCUT2D eigenvalue weighted by molar-refractivity contribution is 14.1. The predicted octanol–water partition coefficient (Wildman–Crippen LogP) is 0.804. The van der Waals surface area contributed by atoms with E-state index < -0.39 is 12.0 Å². The highest BCUT2D eigenvalue weighted by Crippen LogP contribution is 2.31. The summed E-state index contributed by atoms with van der Waals surface area (Å²) in [5.41, 5.74) is 0. The number of hydrogen-bond donors (Lipinski definition) is 2. The number of carboxylic acid groups (broad SMARTS) is 1. The molecule has 0 bridgehead atoms. The van der Waals surface area contributed by atoms with Gasteiger partial charge in [0.2, 0.25) is 5.91 Å². The zero-order valence-electron chi connectivity index (χ0n) is 7.44. The van der Waals surface area contributed by atoms with Crippen LogP contribution < -0.4 is 5.32 Å². The van der Waals surface area contributed by atoms with Crippen molar-refractivity contribution >= 4 is 45.8 Å². The second kappa shape index (κ2) is 4.05. The van der Waals surface area contributed by atoms with Crippen LogP contribution >= 0.6 is 33.9 Å². The number of hydrogen-bond acceptors (Lipinski definition) is 4. The van der Waals surface area contributed by atoms with Gasteiger partial charge in [-0.1, -0.05) is 0 Å². The number of nitrogens with zero attached hydrogens (tertiary/aromatic N) is 1. The van der Waals surface area contributed by atoms with Crippen LogP contribution in [0, 0.1) is 2.88 Å². The van der Waals surface area contributed by atoms with E-state index in [0.717, 1.165) is 2.88 Å². The SMILES string of the molecule is O=C1CC(c2ncc(I)s2)C(C(=O)O)N1. The molecule has 2 N–H and O–H groups in total. The molecule has 0 saturated carbocycles. The standard InChI is InChI=1S/C8H7IN2O3S/c9-4-2-10-7(15-4)3-1-5(12)11-6(3)8(13)14/h2-3,6H,1H2,(H,11,12)(H,13,14). The molecule has 0 spiro atoms. The van der Waals surface area contributed by atoms with Crippen LogP contribution in [0.1, 0.15) is 17.3 Å². The lowest BCUT2D eigenvalue weighted by Crippen LogP contribution is -2.35. The fourth-order valence-corrected chi connectivity index (χ4v) is 3.15. The molecule has 0 aromatic carbocycles. The first-order valence-electron chi connectivity index (χ1n) is 4.21. The molecular formula is C8H7IN2O3S. The molecule has 1 fully saturated rings. The lowest BCUT2D eigenvalue weighted by molar-refractivity contribution is -0.140. The molecule has 1 aliphatic heterocycles. The van der Waals surface area contributed by atoms with Gasteiger partial charge in [-0.3, -0.25) is 4.79 Å². The lowest BCUT2D eigenvalue weighted by atomic mass is 10.0. The number of aromatic nitrogens is 1. The van der Waals surface area contributed by atoms with Crippen LogP contribution in [0.4, 0.5) is 0 Å². The van der Waals surface area contributed by atoms with Crippen molar-refractivity contribution in [1.29, 1.82) is 0 Å². The lowest BCUT2D eigenvalue weighted by Gasteiger charge is -2.10. The molecule has 80 valence electrons. The Labute approximate surface area is 103 Å². The van der Waals surface area contributed by atoms with E-state index in [4.69, 9.17) is 5.11 Å². The first-order chi connectivity index (χ1) is 7.08. The van der Waals surface area contributed by atoms with Crippen molar-refractivity contribution in [2.24, 2.45) is 0 Å². The molecule has 1 amide bonds. The quantitative estimate of drug-likeness (QED) is 0.782. The molecule has 15 heavy (non-hydrogen) atoms. The summed E-state index contributed by atoms with van der Waals surface area (Å²) in [6.45, 7) is 0. The molecule has 2 rings (SSSR count). The van der Waals surface area contributed by atoms with Gasteiger partial charge in [0.05, 0.1) is 20.0 Å². The highest BCUT2D eigenvalue weighted by atomic mass is 127. The van der Waals surface area contributed by atoms with Gasteiger partial charge < -0.3 is 10.4 Å². The van der Waals surface area contributed by atoms with Gasteiger partial charge in [0.25, 0.3) is 0 Å². The zero-order chi connectivity index (χ0) is 11.0. The van der Waals surface area contributed by atoms with Crippen LogP contribution in [-0.2, 0) is 9.59 Å². The Kier molecular flexibility index (Phi) is 2.91. The summed E-state index contributed by atoms with van der Waals surface area (Å²) >= 11 is 3.55. The van der Waals surface area contributed by atoms with E-state index in [1.165, 1.54) is 11.3 Å². The van der Waals surface area contributed by atoms with Gasteiger partial charge in [0, 0.05) is 6.42 Å². The van der Waals surface area contributed by atoms with Gasteiger partial charge in [-0.25, -0.2) is 9.78 Å². The van der Waals surface area contributed by atoms with Crippen molar-refractivity contribution in [3.8, 4) is 0 Å². The van der Waals surface area contributed by atoms with Crippen molar-refractivity contribution < 1.29 is 14.7 Å². The van der Waals surface area contributed by atoms with Gasteiger partial charge >= 0.3 is 5.97 Å². The smallest absolute Gasteiger partial charge is 0.326 e. The van der Waals surface area contributed by atoms with Crippen LogP contribution in [0.5, 0.6) is 0 Å². The number of halogens is 1. The van der Waals surface area contributed by atoms with E-state index in [9.17, 15) is 9.59 Å². The maximum Gasteiger partial charge on any atom is 0.326 e. The molecule has 0 aliphatic carbocycles. The Morgan fingerprint density at radius 3 is 3.00 bits per heavy atom. The summed E-state index contributed by atoms with van der Waals surface area (Å²) in [4.78, 5) is 26.2.